The second-order valence-corrected chi connectivity index (χ2v) is 3.30. The molecule has 0 saturated heterocycles. The molecule has 0 saturated carbocycles. The van der Waals surface area contributed by atoms with Crippen molar-refractivity contribution in [3.63, 3.8) is 0 Å². The number of aryl methyl sites for hydroxylation is 1. The maximum absolute atomic E-state index is 8.34. The molecule has 15 heavy (non-hydrogen) atoms. The third kappa shape index (κ3) is 3.26. The molecule has 1 aromatic rings. The summed E-state index contributed by atoms with van der Waals surface area (Å²) < 4.78 is 0. The van der Waals surface area contributed by atoms with Gasteiger partial charge in [0.15, 0.2) is 0 Å². The Kier molecular flexibility index (Phi) is 4.14. The Labute approximate surface area is 93.1 Å². The first-order valence-electron chi connectivity index (χ1n) is 4.20. The number of nitrogens with zero attached hydrogens (tertiary/aromatic N) is 2. The Morgan fingerprint density at radius 1 is 1.60 bits per heavy atom. The number of thiol groups is 1. The summed E-state index contributed by atoms with van der Waals surface area (Å²) in [6.45, 7) is 1.95. The van der Waals surface area contributed by atoms with Gasteiger partial charge in [-0.25, -0.2) is 5.48 Å². The van der Waals surface area contributed by atoms with E-state index in [0.29, 0.717) is 0 Å². The second-order valence-electron chi connectivity index (χ2n) is 2.85. The van der Waals surface area contributed by atoms with E-state index in [0.717, 1.165) is 16.0 Å². The molecular weight excluding hydrogens is 212 g/mol. The van der Waals surface area contributed by atoms with E-state index in [2.05, 4.69) is 22.8 Å². The Balaban J connectivity index is 2.86. The summed E-state index contributed by atoms with van der Waals surface area (Å²) in [6, 6.07) is 5.71. The molecule has 0 bridgehead atoms. The van der Waals surface area contributed by atoms with E-state index in [1.807, 2.05) is 25.1 Å². The summed E-state index contributed by atoms with van der Waals surface area (Å²) >= 11 is 4.32. The first kappa shape index (κ1) is 11.5. The fourth-order valence-electron chi connectivity index (χ4n) is 0.961. The molecule has 0 aliphatic heterocycles. The van der Waals surface area contributed by atoms with Crippen molar-refractivity contribution in [2.45, 2.75) is 11.8 Å². The van der Waals surface area contributed by atoms with Gasteiger partial charge in [0.05, 0.1) is 6.21 Å². The molecule has 1 rings (SSSR count). The number of nitrogens with two attached hydrogens (primary N) is 1. The van der Waals surface area contributed by atoms with Crippen LogP contribution in [0.5, 0.6) is 0 Å². The highest BCUT2D eigenvalue weighted by Gasteiger charge is 1.97. The molecule has 0 aliphatic carbocycles. The van der Waals surface area contributed by atoms with E-state index in [-0.39, 0.29) is 5.96 Å². The van der Waals surface area contributed by atoms with Gasteiger partial charge in [0.1, 0.15) is 0 Å². The largest absolute Gasteiger partial charge is 0.367 e. The molecule has 0 spiro atoms. The maximum Gasteiger partial charge on any atom is 0.237 e. The van der Waals surface area contributed by atoms with Crippen LogP contribution in [-0.2, 0) is 0 Å². The van der Waals surface area contributed by atoms with Crippen molar-refractivity contribution < 1.29 is 5.21 Å². The zero-order chi connectivity index (χ0) is 11.3. The summed E-state index contributed by atoms with van der Waals surface area (Å²) in [6.07, 6.45) is 1.51. The number of hydrogen-bond donors (Lipinski definition) is 4. The molecule has 0 unspecified atom stereocenters. The molecular formula is C9H12N4OS. The Hall–Kier alpha value is -1.53. The molecule has 80 valence electrons. The average Bonchev–Trinajstić information content (AvgIpc) is 2.24. The van der Waals surface area contributed by atoms with Crippen molar-refractivity contribution in [1.82, 2.24) is 5.48 Å². The molecule has 5 nitrogen and oxygen atoms in total. The lowest BCUT2D eigenvalue weighted by Crippen LogP contribution is -2.27. The van der Waals surface area contributed by atoms with Crippen molar-refractivity contribution >= 4 is 24.8 Å². The van der Waals surface area contributed by atoms with Crippen molar-refractivity contribution in [3.05, 3.63) is 29.3 Å². The van der Waals surface area contributed by atoms with Crippen molar-refractivity contribution in [1.29, 1.82) is 0 Å². The summed E-state index contributed by atoms with van der Waals surface area (Å²) in [5.41, 5.74) is 8.73. The molecule has 0 radical (unpaired) electrons. The molecule has 0 heterocycles. The lowest BCUT2D eigenvalue weighted by molar-refractivity contribution is 0.232. The quantitative estimate of drug-likeness (QED) is 0.261. The van der Waals surface area contributed by atoms with Crippen LogP contribution in [0, 0.1) is 6.92 Å². The van der Waals surface area contributed by atoms with Gasteiger partial charge >= 0.3 is 0 Å². The SMILES string of the molecule is Cc1cccc(C=N/N=C(\N)NO)c1S. The summed E-state index contributed by atoms with van der Waals surface area (Å²) in [4.78, 5) is 0.840. The zero-order valence-corrected chi connectivity index (χ0v) is 9.07. The lowest BCUT2D eigenvalue weighted by Gasteiger charge is -2.01. The Bertz CT molecular complexity index is 403. The zero-order valence-electron chi connectivity index (χ0n) is 8.18. The number of hydroxylamine groups is 1. The highest BCUT2D eigenvalue weighted by molar-refractivity contribution is 7.80. The number of nitrogens with one attached hydrogen (secondary N) is 1. The van der Waals surface area contributed by atoms with Crippen LogP contribution in [0.1, 0.15) is 11.1 Å². The van der Waals surface area contributed by atoms with Gasteiger partial charge in [0.25, 0.3) is 0 Å². The van der Waals surface area contributed by atoms with Gasteiger partial charge < -0.3 is 5.73 Å². The summed E-state index contributed by atoms with van der Waals surface area (Å²) in [5, 5.41) is 15.5. The smallest absolute Gasteiger partial charge is 0.237 e. The third-order valence-corrected chi connectivity index (χ3v) is 2.36. The predicted octanol–water partition coefficient (Wildman–Crippen LogP) is 0.911. The number of benzene rings is 1. The van der Waals surface area contributed by atoms with Gasteiger partial charge in [-0.15, -0.1) is 17.7 Å². The monoisotopic (exact) mass is 224 g/mol. The normalized spacial score (nSPS) is 12.1. The first-order chi connectivity index (χ1) is 7.15. The van der Waals surface area contributed by atoms with E-state index < -0.39 is 0 Å². The van der Waals surface area contributed by atoms with Crippen LogP contribution < -0.4 is 11.2 Å². The fraction of sp³-hybridized carbons (Fsp3) is 0.111. The van der Waals surface area contributed by atoms with E-state index in [4.69, 9.17) is 10.9 Å². The fourth-order valence-corrected chi connectivity index (χ4v) is 1.17. The summed E-state index contributed by atoms with van der Waals surface area (Å²) in [7, 11) is 0. The van der Waals surface area contributed by atoms with E-state index in [1.54, 1.807) is 5.48 Å². The van der Waals surface area contributed by atoms with Gasteiger partial charge in [-0.2, -0.15) is 5.10 Å². The van der Waals surface area contributed by atoms with Crippen LogP contribution in [0.2, 0.25) is 0 Å². The van der Waals surface area contributed by atoms with Gasteiger partial charge in [-0.3, -0.25) is 5.21 Å². The molecule has 0 aliphatic rings. The molecule has 1 aromatic carbocycles. The summed E-state index contributed by atoms with van der Waals surface area (Å²) in [5.74, 6) is -0.167. The van der Waals surface area contributed by atoms with Crippen LogP contribution >= 0.6 is 12.6 Å². The van der Waals surface area contributed by atoms with Crippen molar-refractivity contribution in [3.8, 4) is 0 Å². The third-order valence-electron chi connectivity index (χ3n) is 1.75. The molecule has 0 amide bonds. The Morgan fingerprint density at radius 3 is 3.00 bits per heavy atom. The van der Waals surface area contributed by atoms with Crippen LogP contribution in [0.15, 0.2) is 33.3 Å². The predicted molar refractivity (Wildman–Crippen MR) is 62.6 cm³/mol. The average molecular weight is 224 g/mol. The van der Waals surface area contributed by atoms with Gasteiger partial charge in [-0.05, 0) is 12.5 Å². The molecule has 0 aromatic heterocycles. The minimum atomic E-state index is -0.167. The minimum absolute atomic E-state index is 0.167. The molecule has 4 N–H and O–H groups in total. The maximum atomic E-state index is 8.34. The van der Waals surface area contributed by atoms with Crippen LogP contribution in [0.3, 0.4) is 0 Å². The highest BCUT2D eigenvalue weighted by Crippen LogP contribution is 2.16. The number of rotatable bonds is 2. The number of guanidine groups is 1. The minimum Gasteiger partial charge on any atom is -0.367 e. The lowest BCUT2D eigenvalue weighted by atomic mass is 10.1. The van der Waals surface area contributed by atoms with Gasteiger partial charge in [0.2, 0.25) is 5.96 Å². The van der Waals surface area contributed by atoms with E-state index >= 15 is 0 Å². The topological polar surface area (TPSA) is 83.0 Å². The first-order valence-corrected chi connectivity index (χ1v) is 4.65. The number of hydrogen-bond acceptors (Lipinski definition) is 4. The van der Waals surface area contributed by atoms with Gasteiger partial charge in [0, 0.05) is 10.5 Å². The van der Waals surface area contributed by atoms with Crippen molar-refractivity contribution in [2.75, 3.05) is 0 Å². The molecule has 0 fully saturated rings. The van der Waals surface area contributed by atoms with E-state index in [1.165, 1.54) is 6.21 Å². The van der Waals surface area contributed by atoms with Crippen molar-refractivity contribution in [2.24, 2.45) is 15.9 Å². The van der Waals surface area contributed by atoms with Crippen LogP contribution in [-0.4, -0.2) is 17.4 Å². The standard InChI is InChI=1S/C9H12N4OS/c1-6-3-2-4-7(8(6)15)5-11-12-9(10)13-14/h2-5,14-15H,1H3,(H3,10,12,13). The van der Waals surface area contributed by atoms with Crippen LogP contribution in [0.25, 0.3) is 0 Å². The van der Waals surface area contributed by atoms with E-state index in [9.17, 15) is 0 Å². The highest BCUT2D eigenvalue weighted by atomic mass is 32.1. The Morgan fingerprint density at radius 2 is 2.33 bits per heavy atom. The second kappa shape index (κ2) is 5.38. The molecule has 6 heteroatoms. The van der Waals surface area contributed by atoms with Gasteiger partial charge in [-0.1, -0.05) is 18.2 Å². The van der Waals surface area contributed by atoms with Crippen LogP contribution in [0.4, 0.5) is 0 Å². The molecule has 0 atom stereocenters.